The van der Waals surface area contributed by atoms with Gasteiger partial charge in [0.25, 0.3) is 0 Å². The third-order valence-corrected chi connectivity index (χ3v) is 3.00. The van der Waals surface area contributed by atoms with Crippen molar-refractivity contribution in [1.82, 2.24) is 10.2 Å². The van der Waals surface area contributed by atoms with Crippen LogP contribution in [0, 0.1) is 11.6 Å². The molecule has 0 atom stereocenters. The Bertz CT molecular complexity index is 444. The van der Waals surface area contributed by atoms with E-state index >= 15 is 0 Å². The van der Waals surface area contributed by atoms with Gasteiger partial charge in [0, 0.05) is 39.9 Å². The van der Waals surface area contributed by atoms with Crippen LogP contribution < -0.4 is 5.32 Å². The fourth-order valence-electron chi connectivity index (χ4n) is 1.88. The molecule has 0 aliphatic heterocycles. The first-order valence-electron chi connectivity index (χ1n) is 6.97. The summed E-state index contributed by atoms with van der Waals surface area (Å²) in [7, 11) is 3.18. The molecule has 1 aromatic carbocycles. The first kappa shape index (κ1) is 18.5. The smallest absolute Gasteiger partial charge is 0.234 e. The van der Waals surface area contributed by atoms with Gasteiger partial charge in [0.05, 0.1) is 19.8 Å². The second kappa shape index (κ2) is 10.2. The third-order valence-electron chi connectivity index (χ3n) is 3.00. The molecule has 1 aromatic rings. The van der Waals surface area contributed by atoms with Gasteiger partial charge in [-0.25, -0.2) is 8.78 Å². The van der Waals surface area contributed by atoms with Crippen LogP contribution >= 0.6 is 0 Å². The summed E-state index contributed by atoms with van der Waals surface area (Å²) in [6, 6.07) is 3.18. The molecule has 1 N–H and O–H groups in total. The molecule has 0 aliphatic rings. The van der Waals surface area contributed by atoms with Crippen molar-refractivity contribution < 1.29 is 23.0 Å². The van der Waals surface area contributed by atoms with Crippen LogP contribution in [0.1, 0.15) is 5.56 Å². The Hall–Kier alpha value is -1.57. The quantitative estimate of drug-likeness (QED) is 0.704. The summed E-state index contributed by atoms with van der Waals surface area (Å²) in [6.07, 6.45) is 0. The first-order chi connectivity index (χ1) is 10.5. The summed E-state index contributed by atoms with van der Waals surface area (Å²) >= 11 is 0. The lowest BCUT2D eigenvalue weighted by molar-refractivity contribution is -0.122. The molecule has 0 heterocycles. The number of hydrogen-bond acceptors (Lipinski definition) is 4. The van der Waals surface area contributed by atoms with E-state index in [1.807, 2.05) is 4.90 Å². The number of carbonyl (C=O) groups is 1. The normalized spacial score (nSPS) is 11.0. The number of amides is 1. The standard InChI is InChI=1S/C15H22F2N2O3/c1-21-5-3-19(4-6-22-2)11-15(20)18-10-12-7-13(16)9-14(17)8-12/h7-9H,3-6,10-11H2,1-2H3,(H,18,20). The third kappa shape index (κ3) is 7.44. The van der Waals surface area contributed by atoms with Crippen molar-refractivity contribution in [3.05, 3.63) is 35.4 Å². The number of ether oxygens (including phenoxy) is 2. The molecule has 22 heavy (non-hydrogen) atoms. The van der Waals surface area contributed by atoms with E-state index in [1.54, 1.807) is 14.2 Å². The van der Waals surface area contributed by atoms with Crippen molar-refractivity contribution in [1.29, 1.82) is 0 Å². The van der Waals surface area contributed by atoms with Crippen molar-refractivity contribution >= 4 is 5.91 Å². The zero-order chi connectivity index (χ0) is 16.4. The summed E-state index contributed by atoms with van der Waals surface area (Å²) in [5, 5.41) is 2.64. The second-order valence-corrected chi connectivity index (χ2v) is 4.82. The maximum absolute atomic E-state index is 13.1. The van der Waals surface area contributed by atoms with Crippen LogP contribution in [-0.2, 0) is 20.8 Å². The molecule has 5 nitrogen and oxygen atoms in total. The molecule has 0 saturated carbocycles. The topological polar surface area (TPSA) is 50.8 Å². The van der Waals surface area contributed by atoms with Crippen LogP contribution in [0.3, 0.4) is 0 Å². The van der Waals surface area contributed by atoms with Gasteiger partial charge >= 0.3 is 0 Å². The van der Waals surface area contributed by atoms with Crippen molar-refractivity contribution in [2.75, 3.05) is 47.1 Å². The minimum Gasteiger partial charge on any atom is -0.383 e. The number of methoxy groups -OCH3 is 2. The van der Waals surface area contributed by atoms with Gasteiger partial charge in [0.1, 0.15) is 11.6 Å². The fourth-order valence-corrected chi connectivity index (χ4v) is 1.88. The zero-order valence-electron chi connectivity index (χ0n) is 12.9. The molecular weight excluding hydrogens is 294 g/mol. The molecule has 0 saturated heterocycles. The number of carbonyl (C=O) groups excluding carboxylic acids is 1. The van der Waals surface area contributed by atoms with Crippen LogP contribution in [0.2, 0.25) is 0 Å². The van der Waals surface area contributed by atoms with E-state index in [-0.39, 0.29) is 19.0 Å². The van der Waals surface area contributed by atoms with Gasteiger partial charge < -0.3 is 14.8 Å². The van der Waals surface area contributed by atoms with Crippen molar-refractivity contribution in [3.63, 3.8) is 0 Å². The SMILES string of the molecule is COCCN(CCOC)CC(=O)NCc1cc(F)cc(F)c1. The molecule has 0 fully saturated rings. The molecule has 7 heteroatoms. The second-order valence-electron chi connectivity index (χ2n) is 4.82. The van der Waals surface area contributed by atoms with E-state index in [0.717, 1.165) is 6.07 Å². The Labute approximate surface area is 129 Å². The molecule has 1 amide bonds. The lowest BCUT2D eigenvalue weighted by Crippen LogP contribution is -2.40. The van der Waals surface area contributed by atoms with Gasteiger partial charge in [-0.1, -0.05) is 0 Å². The molecule has 0 bridgehead atoms. The molecule has 1 rings (SSSR count). The van der Waals surface area contributed by atoms with Crippen LogP contribution in [0.25, 0.3) is 0 Å². The summed E-state index contributed by atoms with van der Waals surface area (Å²) in [5.41, 5.74) is 0.381. The first-order valence-corrected chi connectivity index (χ1v) is 6.97. The zero-order valence-corrected chi connectivity index (χ0v) is 12.9. The molecule has 0 aromatic heterocycles. The Morgan fingerprint density at radius 1 is 1.09 bits per heavy atom. The van der Waals surface area contributed by atoms with Crippen molar-refractivity contribution in [3.8, 4) is 0 Å². The number of halogens is 2. The molecule has 0 unspecified atom stereocenters. The minimum atomic E-state index is -0.661. The number of nitrogens with zero attached hydrogens (tertiary/aromatic N) is 1. The number of benzene rings is 1. The Morgan fingerprint density at radius 2 is 1.64 bits per heavy atom. The van der Waals surface area contributed by atoms with E-state index in [2.05, 4.69) is 5.32 Å². The highest BCUT2D eigenvalue weighted by atomic mass is 19.1. The summed E-state index contributed by atoms with van der Waals surface area (Å²) in [4.78, 5) is 13.8. The number of rotatable bonds is 10. The summed E-state index contributed by atoms with van der Waals surface area (Å²) in [6.45, 7) is 2.46. The van der Waals surface area contributed by atoms with E-state index in [4.69, 9.17) is 9.47 Å². The Balaban J connectivity index is 2.44. The predicted molar refractivity (Wildman–Crippen MR) is 78.4 cm³/mol. The summed E-state index contributed by atoms with van der Waals surface area (Å²) < 4.78 is 36.1. The van der Waals surface area contributed by atoms with E-state index in [9.17, 15) is 13.6 Å². The largest absolute Gasteiger partial charge is 0.383 e. The van der Waals surface area contributed by atoms with E-state index < -0.39 is 11.6 Å². The van der Waals surface area contributed by atoms with Gasteiger partial charge in [-0.15, -0.1) is 0 Å². The predicted octanol–water partition coefficient (Wildman–Crippen LogP) is 1.18. The van der Waals surface area contributed by atoms with Crippen molar-refractivity contribution in [2.24, 2.45) is 0 Å². The van der Waals surface area contributed by atoms with Crippen LogP contribution in [0.5, 0.6) is 0 Å². The number of nitrogens with one attached hydrogen (secondary N) is 1. The van der Waals surface area contributed by atoms with Gasteiger partial charge in [0.15, 0.2) is 0 Å². The highest BCUT2D eigenvalue weighted by Crippen LogP contribution is 2.07. The number of hydrogen-bond donors (Lipinski definition) is 1. The lowest BCUT2D eigenvalue weighted by Gasteiger charge is -2.20. The van der Waals surface area contributed by atoms with Crippen LogP contribution in [0.4, 0.5) is 8.78 Å². The fraction of sp³-hybridized carbons (Fsp3) is 0.533. The Kier molecular flexibility index (Phi) is 8.57. The van der Waals surface area contributed by atoms with Gasteiger partial charge in [-0.05, 0) is 17.7 Å². The van der Waals surface area contributed by atoms with E-state index in [0.29, 0.717) is 31.9 Å². The minimum absolute atomic E-state index is 0.0793. The molecule has 0 radical (unpaired) electrons. The average molecular weight is 316 g/mol. The highest BCUT2D eigenvalue weighted by molar-refractivity contribution is 5.78. The monoisotopic (exact) mass is 316 g/mol. The molecular formula is C15H22F2N2O3. The average Bonchev–Trinajstić information content (AvgIpc) is 2.47. The van der Waals surface area contributed by atoms with Gasteiger partial charge in [-0.3, -0.25) is 9.69 Å². The Morgan fingerprint density at radius 3 is 2.14 bits per heavy atom. The van der Waals surface area contributed by atoms with Gasteiger partial charge in [0.2, 0.25) is 5.91 Å². The van der Waals surface area contributed by atoms with Crippen LogP contribution in [0.15, 0.2) is 18.2 Å². The van der Waals surface area contributed by atoms with Gasteiger partial charge in [-0.2, -0.15) is 0 Å². The molecule has 0 spiro atoms. The van der Waals surface area contributed by atoms with Crippen LogP contribution in [-0.4, -0.2) is 57.9 Å². The maximum atomic E-state index is 13.1. The lowest BCUT2D eigenvalue weighted by atomic mass is 10.2. The van der Waals surface area contributed by atoms with E-state index in [1.165, 1.54) is 12.1 Å². The van der Waals surface area contributed by atoms with Crippen molar-refractivity contribution in [2.45, 2.75) is 6.54 Å². The molecule has 0 aliphatic carbocycles. The highest BCUT2D eigenvalue weighted by Gasteiger charge is 2.10. The summed E-state index contributed by atoms with van der Waals surface area (Å²) in [5.74, 6) is -1.55. The molecule has 124 valence electrons. The maximum Gasteiger partial charge on any atom is 0.234 e.